The van der Waals surface area contributed by atoms with Gasteiger partial charge in [-0.05, 0) is 49.1 Å². The summed E-state index contributed by atoms with van der Waals surface area (Å²) in [7, 11) is 0. The van der Waals surface area contributed by atoms with Crippen LogP contribution in [0.25, 0.3) is 10.9 Å². The smallest absolute Gasteiger partial charge is 0.257 e. The number of anilines is 1. The van der Waals surface area contributed by atoms with E-state index in [0.717, 1.165) is 35.4 Å². The van der Waals surface area contributed by atoms with E-state index in [0.29, 0.717) is 28.7 Å². The van der Waals surface area contributed by atoms with Gasteiger partial charge in [0.2, 0.25) is 12.7 Å². The van der Waals surface area contributed by atoms with E-state index in [1.807, 2.05) is 24.4 Å². The number of fused-ring (bicyclic) bond motifs is 3. The van der Waals surface area contributed by atoms with Crippen LogP contribution in [0, 0.1) is 0 Å². The zero-order chi connectivity index (χ0) is 23.1. The Morgan fingerprint density at radius 3 is 2.97 bits per heavy atom. The Kier molecular flexibility index (Phi) is 5.18. The van der Waals surface area contributed by atoms with Crippen molar-refractivity contribution < 1.29 is 19.1 Å². The van der Waals surface area contributed by atoms with E-state index in [4.69, 9.17) is 9.47 Å². The number of ether oxygens (including phenoxy) is 2. The number of rotatable bonds is 6. The number of para-hydroxylation sites is 1. The molecule has 0 spiro atoms. The van der Waals surface area contributed by atoms with Gasteiger partial charge >= 0.3 is 0 Å². The van der Waals surface area contributed by atoms with Crippen LogP contribution in [0.2, 0.25) is 0 Å². The van der Waals surface area contributed by atoms with Gasteiger partial charge in [0.15, 0.2) is 16.6 Å². The van der Waals surface area contributed by atoms with Crippen molar-refractivity contribution in [2.75, 3.05) is 18.7 Å². The summed E-state index contributed by atoms with van der Waals surface area (Å²) in [5, 5.41) is 7.61. The summed E-state index contributed by atoms with van der Waals surface area (Å²) in [6.07, 6.45) is 4.28. The number of aromatic amines is 1. The van der Waals surface area contributed by atoms with Crippen LogP contribution in [0.4, 0.5) is 5.13 Å². The molecule has 3 heterocycles. The third-order valence-corrected chi connectivity index (χ3v) is 7.30. The molecule has 6 rings (SSSR count). The molecule has 9 heteroatoms. The quantitative estimate of drug-likeness (QED) is 0.392. The predicted octanol–water partition coefficient (Wildman–Crippen LogP) is 3.99. The van der Waals surface area contributed by atoms with Crippen molar-refractivity contribution in [2.24, 2.45) is 0 Å². The van der Waals surface area contributed by atoms with Crippen LogP contribution in [0.3, 0.4) is 0 Å². The van der Waals surface area contributed by atoms with Crippen molar-refractivity contribution in [1.82, 2.24) is 15.3 Å². The van der Waals surface area contributed by atoms with E-state index in [1.54, 1.807) is 18.2 Å². The van der Waals surface area contributed by atoms with E-state index in [2.05, 4.69) is 26.7 Å². The number of H-pyrrole nitrogens is 1. The van der Waals surface area contributed by atoms with E-state index in [9.17, 15) is 9.59 Å². The average molecular weight is 475 g/mol. The normalized spacial score (nSPS) is 15.9. The first-order valence-corrected chi connectivity index (χ1v) is 12.0. The maximum absolute atomic E-state index is 12.9. The Morgan fingerprint density at radius 2 is 2.03 bits per heavy atom. The minimum Gasteiger partial charge on any atom is -0.454 e. The van der Waals surface area contributed by atoms with Gasteiger partial charge < -0.3 is 19.8 Å². The number of nitrogens with one attached hydrogen (secondary N) is 3. The van der Waals surface area contributed by atoms with Crippen LogP contribution < -0.4 is 20.1 Å². The largest absolute Gasteiger partial charge is 0.454 e. The second kappa shape index (κ2) is 8.49. The fourth-order valence-corrected chi connectivity index (χ4v) is 5.56. The fourth-order valence-electron chi connectivity index (χ4n) is 4.52. The number of nitrogens with zero attached hydrogens (tertiary/aromatic N) is 1. The molecular weight excluding hydrogens is 452 g/mol. The molecule has 0 saturated carbocycles. The van der Waals surface area contributed by atoms with Crippen molar-refractivity contribution in [1.29, 1.82) is 0 Å². The minimum absolute atomic E-state index is 0.0162. The van der Waals surface area contributed by atoms with Gasteiger partial charge in [0.25, 0.3) is 5.91 Å². The lowest BCUT2D eigenvalue weighted by Gasteiger charge is -2.10. The number of thiazole rings is 1. The topological polar surface area (TPSA) is 105 Å². The van der Waals surface area contributed by atoms with Crippen LogP contribution in [-0.4, -0.2) is 35.1 Å². The van der Waals surface area contributed by atoms with E-state index < -0.39 is 0 Å². The Hall–Kier alpha value is -3.85. The molecule has 1 atom stereocenters. The molecule has 0 unspecified atom stereocenters. The number of carbonyl (C=O) groups is 2. The van der Waals surface area contributed by atoms with E-state index >= 15 is 0 Å². The summed E-state index contributed by atoms with van der Waals surface area (Å²) < 4.78 is 10.6. The number of carbonyl (C=O) groups excluding carboxylic acids is 2. The lowest BCUT2D eigenvalue weighted by atomic mass is 10.1. The SMILES string of the molecule is O=C(Nc1nc2c(s1)CC[C@H]2C(=O)NCCc1c[nH]c2ccccc12)c1ccc2c(c1)OCO2. The summed E-state index contributed by atoms with van der Waals surface area (Å²) in [5.74, 6) is 0.607. The molecule has 0 bridgehead atoms. The molecule has 0 fully saturated rings. The molecular formula is C25H22N4O4S. The van der Waals surface area contributed by atoms with Crippen LogP contribution >= 0.6 is 11.3 Å². The Bertz CT molecular complexity index is 1410. The first kappa shape index (κ1) is 20.7. The summed E-state index contributed by atoms with van der Waals surface area (Å²) in [6.45, 7) is 0.717. The van der Waals surface area contributed by atoms with Crippen molar-refractivity contribution in [3.05, 3.63) is 70.4 Å². The van der Waals surface area contributed by atoms with Gasteiger partial charge in [-0.2, -0.15) is 0 Å². The highest BCUT2D eigenvalue weighted by atomic mass is 32.1. The molecule has 1 aliphatic carbocycles. The molecule has 2 aromatic heterocycles. The molecule has 0 radical (unpaired) electrons. The van der Waals surface area contributed by atoms with Gasteiger partial charge in [0.05, 0.1) is 11.6 Å². The van der Waals surface area contributed by atoms with Crippen LogP contribution in [0.1, 0.15) is 38.8 Å². The first-order valence-electron chi connectivity index (χ1n) is 11.2. The number of aryl methyl sites for hydroxylation is 1. The Balaban J connectivity index is 1.08. The summed E-state index contributed by atoms with van der Waals surface area (Å²) in [5.41, 5.74) is 3.52. The lowest BCUT2D eigenvalue weighted by molar-refractivity contribution is -0.122. The third kappa shape index (κ3) is 3.77. The summed E-state index contributed by atoms with van der Waals surface area (Å²) in [4.78, 5) is 34.5. The van der Waals surface area contributed by atoms with E-state index in [1.165, 1.54) is 22.3 Å². The summed E-state index contributed by atoms with van der Waals surface area (Å²) in [6, 6.07) is 13.2. The highest BCUT2D eigenvalue weighted by Crippen LogP contribution is 2.39. The van der Waals surface area contributed by atoms with Crippen LogP contribution in [-0.2, 0) is 17.6 Å². The highest BCUT2D eigenvalue weighted by Gasteiger charge is 2.32. The van der Waals surface area contributed by atoms with Crippen LogP contribution in [0.5, 0.6) is 11.5 Å². The lowest BCUT2D eigenvalue weighted by Crippen LogP contribution is -2.30. The number of amides is 2. The number of aromatic nitrogens is 2. The molecule has 0 saturated heterocycles. The molecule has 3 N–H and O–H groups in total. The van der Waals surface area contributed by atoms with Gasteiger partial charge in [-0.15, -0.1) is 11.3 Å². The Morgan fingerprint density at radius 1 is 1.15 bits per heavy atom. The molecule has 2 aliphatic rings. The fraction of sp³-hybridized carbons (Fsp3) is 0.240. The second-order valence-electron chi connectivity index (χ2n) is 8.34. The summed E-state index contributed by atoms with van der Waals surface area (Å²) >= 11 is 1.43. The van der Waals surface area contributed by atoms with Gasteiger partial charge in [-0.1, -0.05) is 18.2 Å². The van der Waals surface area contributed by atoms with Gasteiger partial charge in [0, 0.05) is 34.1 Å². The van der Waals surface area contributed by atoms with Crippen molar-refractivity contribution >= 4 is 39.2 Å². The molecule has 4 aromatic rings. The average Bonchev–Trinajstić information content (AvgIpc) is 3.62. The number of hydrogen-bond acceptors (Lipinski definition) is 6. The first-order chi connectivity index (χ1) is 16.7. The zero-order valence-corrected chi connectivity index (χ0v) is 19.0. The van der Waals surface area contributed by atoms with Gasteiger partial charge in [-0.3, -0.25) is 14.9 Å². The molecule has 34 heavy (non-hydrogen) atoms. The molecule has 172 valence electrons. The van der Waals surface area contributed by atoms with E-state index in [-0.39, 0.29) is 24.5 Å². The van der Waals surface area contributed by atoms with Crippen LogP contribution in [0.15, 0.2) is 48.7 Å². The minimum atomic E-state index is -0.287. The molecule has 2 aromatic carbocycles. The monoisotopic (exact) mass is 474 g/mol. The molecule has 1 aliphatic heterocycles. The van der Waals surface area contributed by atoms with Gasteiger partial charge in [-0.25, -0.2) is 4.98 Å². The van der Waals surface area contributed by atoms with Crippen molar-refractivity contribution in [2.45, 2.75) is 25.2 Å². The maximum atomic E-state index is 12.9. The second-order valence-corrected chi connectivity index (χ2v) is 9.43. The molecule has 8 nitrogen and oxygen atoms in total. The predicted molar refractivity (Wildman–Crippen MR) is 129 cm³/mol. The van der Waals surface area contributed by atoms with Crippen molar-refractivity contribution in [3.63, 3.8) is 0 Å². The Labute approximate surface area is 199 Å². The molecule has 2 amide bonds. The standard InChI is InChI=1S/C25H22N4O4S/c30-23(14-5-7-19-20(11-14)33-13-32-19)29-25-28-22-17(6-8-21(22)34-25)24(31)26-10-9-15-12-27-18-4-2-1-3-16(15)18/h1-5,7,11-12,17,27H,6,8-10,13H2,(H,26,31)(H,28,29,30)/t17-/m1/s1. The third-order valence-electron chi connectivity index (χ3n) is 6.26. The van der Waals surface area contributed by atoms with Gasteiger partial charge in [0.1, 0.15) is 0 Å². The number of benzene rings is 2. The number of hydrogen-bond donors (Lipinski definition) is 3. The maximum Gasteiger partial charge on any atom is 0.257 e. The highest BCUT2D eigenvalue weighted by molar-refractivity contribution is 7.16. The van der Waals surface area contributed by atoms with Crippen molar-refractivity contribution in [3.8, 4) is 11.5 Å². The zero-order valence-electron chi connectivity index (χ0n) is 18.2.